The number of amides is 5. The molecule has 6 N–H and O–H groups in total. The summed E-state index contributed by atoms with van der Waals surface area (Å²) in [5.74, 6) is -1.32. The summed E-state index contributed by atoms with van der Waals surface area (Å²) in [5, 5.41) is 20.9. The third kappa shape index (κ3) is 11.6. The van der Waals surface area contributed by atoms with Crippen molar-refractivity contribution >= 4 is 41.3 Å². The molecule has 2 unspecified atom stereocenters. The van der Waals surface area contributed by atoms with E-state index in [-0.39, 0.29) is 43.3 Å². The van der Waals surface area contributed by atoms with Crippen molar-refractivity contribution in [2.75, 3.05) is 11.9 Å². The highest BCUT2D eigenvalue weighted by molar-refractivity contribution is 5.98. The van der Waals surface area contributed by atoms with Crippen molar-refractivity contribution < 1.29 is 38.4 Å². The molecule has 0 aromatic heterocycles. The Bertz CT molecular complexity index is 1240. The minimum absolute atomic E-state index is 0.0767. The Balaban J connectivity index is 1.93. The highest BCUT2D eigenvalue weighted by Gasteiger charge is 2.24. The molecule has 15 heteroatoms. The van der Waals surface area contributed by atoms with E-state index >= 15 is 0 Å². The topological polar surface area (TPSA) is 221 Å². The zero-order valence-electron chi connectivity index (χ0n) is 22.5. The molecule has 0 saturated heterocycles. The zero-order valence-corrected chi connectivity index (χ0v) is 22.5. The van der Waals surface area contributed by atoms with E-state index in [1.54, 1.807) is 31.2 Å². The number of carbonyl (C=O) groups is 5. The van der Waals surface area contributed by atoms with Crippen molar-refractivity contribution in [1.29, 1.82) is 0 Å². The minimum atomic E-state index is -1.01. The highest BCUT2D eigenvalue weighted by atomic mass is 16.7. The Kier molecular flexibility index (Phi) is 12.5. The van der Waals surface area contributed by atoms with Crippen LogP contribution < -0.4 is 31.7 Å². The summed E-state index contributed by atoms with van der Waals surface area (Å²) in [6.45, 7) is 3.19. The summed E-state index contributed by atoms with van der Waals surface area (Å²) in [6.07, 6.45) is -0.300. The van der Waals surface area contributed by atoms with E-state index in [0.29, 0.717) is 17.7 Å². The first kappa shape index (κ1) is 32.0. The number of hydrogen-bond acceptors (Lipinski definition) is 9. The molecule has 0 heterocycles. The maximum absolute atomic E-state index is 13.0. The molecule has 0 aliphatic heterocycles. The molecule has 0 radical (unpaired) electrons. The van der Waals surface area contributed by atoms with Crippen LogP contribution in [-0.2, 0) is 25.7 Å². The van der Waals surface area contributed by atoms with Crippen molar-refractivity contribution in [2.45, 2.75) is 51.8 Å². The van der Waals surface area contributed by atoms with E-state index in [2.05, 4.69) is 21.3 Å². The van der Waals surface area contributed by atoms with E-state index in [1.807, 2.05) is 0 Å². The van der Waals surface area contributed by atoms with Gasteiger partial charge in [-0.05, 0) is 49.6 Å². The second-order valence-electron chi connectivity index (χ2n) is 8.72. The van der Waals surface area contributed by atoms with Gasteiger partial charge < -0.3 is 36.5 Å². The average Bonchev–Trinajstić information content (AvgIpc) is 2.94. The maximum Gasteiger partial charge on any atom is 0.514 e. The number of non-ortho nitro benzene ring substituents is 1. The molecule has 220 valence electrons. The summed E-state index contributed by atoms with van der Waals surface area (Å²) >= 11 is 0. The van der Waals surface area contributed by atoms with Gasteiger partial charge in [-0.15, -0.1) is 0 Å². The molecule has 15 nitrogen and oxygen atoms in total. The van der Waals surface area contributed by atoms with Crippen LogP contribution in [0.4, 0.5) is 21.0 Å². The van der Waals surface area contributed by atoms with Crippen LogP contribution in [0.25, 0.3) is 0 Å². The van der Waals surface area contributed by atoms with Crippen molar-refractivity contribution in [3.8, 4) is 5.75 Å². The van der Waals surface area contributed by atoms with Crippen LogP contribution >= 0.6 is 0 Å². The third-order valence-electron chi connectivity index (χ3n) is 5.52. The number of anilines is 1. The molecule has 0 bridgehead atoms. The molecule has 2 atom stereocenters. The normalized spacial score (nSPS) is 11.8. The van der Waals surface area contributed by atoms with Gasteiger partial charge >= 0.3 is 12.2 Å². The number of carbonyl (C=O) groups excluding carboxylic acids is 5. The fraction of sp³-hybridized carbons (Fsp3) is 0.346. The Hall–Kier alpha value is -5.21. The molecule has 2 rings (SSSR count). The minimum Gasteiger partial charge on any atom is -0.429 e. The SMILES string of the molecule is CCC(=O)NC(C)C(=O)NC(CCCNC(N)=O)C(=O)Nc1ccc(COC(=O)Oc2ccc([N+](=O)[O-])cc2)cc1. The standard InChI is InChI=1S/C26H32N6O9/c1-3-22(33)29-16(2)23(34)31-21(5-4-14-28-25(27)36)24(35)30-18-8-6-17(7-9-18)15-40-26(37)41-20-12-10-19(11-13-20)32(38)39/h6-13,16,21H,3-5,14-15H2,1-2H3,(H,29,33)(H,30,35)(H,31,34)(H3,27,28,36). The van der Waals surface area contributed by atoms with Gasteiger partial charge in [-0.1, -0.05) is 19.1 Å². The Morgan fingerprint density at radius 1 is 0.976 bits per heavy atom. The van der Waals surface area contributed by atoms with Crippen LogP contribution in [0.2, 0.25) is 0 Å². The maximum atomic E-state index is 13.0. The lowest BCUT2D eigenvalue weighted by molar-refractivity contribution is -0.384. The number of nitro groups is 1. The van der Waals surface area contributed by atoms with Gasteiger partial charge in [0.05, 0.1) is 4.92 Å². The van der Waals surface area contributed by atoms with Crippen LogP contribution in [-0.4, -0.2) is 53.5 Å². The number of hydrogen-bond donors (Lipinski definition) is 5. The van der Waals surface area contributed by atoms with Gasteiger partial charge in [0, 0.05) is 30.8 Å². The molecule has 0 fully saturated rings. The molecule has 2 aromatic carbocycles. The smallest absolute Gasteiger partial charge is 0.429 e. The lowest BCUT2D eigenvalue weighted by Crippen LogP contribution is -2.51. The molecular formula is C26H32N6O9. The second-order valence-corrected chi connectivity index (χ2v) is 8.72. The number of nitro benzene ring substituents is 1. The van der Waals surface area contributed by atoms with Crippen LogP contribution in [0.5, 0.6) is 5.75 Å². The first-order chi connectivity index (χ1) is 19.5. The molecule has 0 spiro atoms. The predicted molar refractivity (Wildman–Crippen MR) is 146 cm³/mol. The summed E-state index contributed by atoms with van der Waals surface area (Å²) in [7, 11) is 0. The fourth-order valence-electron chi connectivity index (χ4n) is 3.31. The van der Waals surface area contributed by atoms with Crippen LogP contribution in [0, 0.1) is 10.1 Å². The van der Waals surface area contributed by atoms with E-state index in [4.69, 9.17) is 15.2 Å². The molecule has 0 aliphatic carbocycles. The van der Waals surface area contributed by atoms with Gasteiger partial charge in [0.1, 0.15) is 24.4 Å². The number of rotatable bonds is 14. The highest BCUT2D eigenvalue weighted by Crippen LogP contribution is 2.18. The van der Waals surface area contributed by atoms with E-state index in [9.17, 15) is 34.1 Å². The molecule has 2 aromatic rings. The summed E-state index contributed by atoms with van der Waals surface area (Å²) < 4.78 is 10.0. The van der Waals surface area contributed by atoms with Gasteiger partial charge in [0.15, 0.2) is 0 Å². The molecule has 0 saturated carbocycles. The van der Waals surface area contributed by atoms with Gasteiger partial charge in [0.25, 0.3) is 5.69 Å². The third-order valence-corrected chi connectivity index (χ3v) is 5.52. The number of nitrogens with zero attached hydrogens (tertiary/aromatic N) is 1. The van der Waals surface area contributed by atoms with Gasteiger partial charge in [-0.3, -0.25) is 24.5 Å². The Labute approximate surface area is 235 Å². The van der Waals surface area contributed by atoms with Crippen LogP contribution in [0.1, 0.15) is 38.7 Å². The van der Waals surface area contributed by atoms with Crippen molar-refractivity contribution in [3.05, 3.63) is 64.2 Å². The summed E-state index contributed by atoms with van der Waals surface area (Å²) in [4.78, 5) is 70.1. The lowest BCUT2D eigenvalue weighted by atomic mass is 10.1. The van der Waals surface area contributed by atoms with Crippen LogP contribution in [0.15, 0.2) is 48.5 Å². The predicted octanol–water partition coefficient (Wildman–Crippen LogP) is 2.10. The number of benzene rings is 2. The second kappa shape index (κ2) is 16.0. The molecular weight excluding hydrogens is 540 g/mol. The summed E-state index contributed by atoms with van der Waals surface area (Å²) in [5.41, 5.74) is 5.88. The van der Waals surface area contributed by atoms with Gasteiger partial charge in [-0.25, -0.2) is 9.59 Å². The first-order valence-electron chi connectivity index (χ1n) is 12.6. The first-order valence-corrected chi connectivity index (χ1v) is 12.6. The van der Waals surface area contributed by atoms with Crippen molar-refractivity contribution in [2.24, 2.45) is 5.73 Å². The number of nitrogens with two attached hydrogens (primary N) is 1. The van der Waals surface area contributed by atoms with E-state index < -0.39 is 41.0 Å². The number of ether oxygens (including phenoxy) is 2. The number of primary amides is 1. The van der Waals surface area contributed by atoms with Crippen molar-refractivity contribution in [3.63, 3.8) is 0 Å². The van der Waals surface area contributed by atoms with E-state index in [1.165, 1.54) is 31.2 Å². The fourth-order valence-corrected chi connectivity index (χ4v) is 3.31. The molecule has 5 amide bonds. The van der Waals surface area contributed by atoms with E-state index in [0.717, 1.165) is 0 Å². The summed E-state index contributed by atoms with van der Waals surface area (Å²) in [6, 6.07) is 8.68. The molecule has 0 aliphatic rings. The lowest BCUT2D eigenvalue weighted by Gasteiger charge is -2.21. The number of urea groups is 1. The Morgan fingerprint density at radius 3 is 2.22 bits per heavy atom. The monoisotopic (exact) mass is 572 g/mol. The quantitative estimate of drug-likeness (QED) is 0.0734. The van der Waals surface area contributed by atoms with Crippen molar-refractivity contribution in [1.82, 2.24) is 16.0 Å². The van der Waals surface area contributed by atoms with Gasteiger partial charge in [-0.2, -0.15) is 0 Å². The Morgan fingerprint density at radius 2 is 1.63 bits per heavy atom. The van der Waals surface area contributed by atoms with Crippen LogP contribution in [0.3, 0.4) is 0 Å². The zero-order chi connectivity index (χ0) is 30.4. The number of nitrogens with one attached hydrogen (secondary N) is 4. The van der Waals surface area contributed by atoms with Gasteiger partial charge in [0.2, 0.25) is 17.7 Å². The largest absolute Gasteiger partial charge is 0.514 e. The molecule has 41 heavy (non-hydrogen) atoms. The average molecular weight is 573 g/mol.